The van der Waals surface area contributed by atoms with E-state index in [1.54, 1.807) is 30.5 Å². The molecule has 20 heavy (non-hydrogen) atoms. The van der Waals surface area contributed by atoms with Crippen LogP contribution in [0.15, 0.2) is 34.9 Å². The molecule has 3 heterocycles. The number of carbonyl (C=O) groups is 1. The lowest BCUT2D eigenvalue weighted by atomic mass is 10.1. The quantitative estimate of drug-likeness (QED) is 0.314. The molecule has 3 rings (SSSR count). The van der Waals surface area contributed by atoms with Gasteiger partial charge in [0, 0.05) is 0 Å². The number of rotatable bonds is 2. The highest BCUT2D eigenvalue weighted by atomic mass is 35.5. The molecule has 98 valence electrons. The van der Waals surface area contributed by atoms with Crippen molar-refractivity contribution < 1.29 is 9.21 Å². The summed E-state index contributed by atoms with van der Waals surface area (Å²) in [6.07, 6.45) is 6.79. The first-order chi connectivity index (χ1) is 9.63. The fraction of sp³-hybridized carbons (Fsp3) is 0.0667. The Labute approximate surface area is 120 Å². The molecule has 0 amide bonds. The monoisotopic (exact) mass is 284 g/mol. The van der Waals surface area contributed by atoms with Gasteiger partial charge in [-0.2, -0.15) is 5.10 Å². The van der Waals surface area contributed by atoms with Gasteiger partial charge < -0.3 is 4.42 Å². The third-order valence-electron chi connectivity index (χ3n) is 3.05. The van der Waals surface area contributed by atoms with E-state index < -0.39 is 5.78 Å². The average molecular weight is 285 g/mol. The van der Waals surface area contributed by atoms with Gasteiger partial charge in [-0.15, -0.1) is 6.42 Å². The molecular weight excluding hydrogens is 276 g/mol. The fourth-order valence-electron chi connectivity index (χ4n) is 2.11. The highest BCUT2D eigenvalue weighted by Crippen LogP contribution is 2.30. The number of Topliss-reactive ketones (excluding diaryl/α,β-unsaturated/α-hetero) is 1. The van der Waals surface area contributed by atoms with Crippen molar-refractivity contribution in [2.45, 2.75) is 6.92 Å². The summed E-state index contributed by atoms with van der Waals surface area (Å²) in [6.45, 7) is 1.87. The van der Waals surface area contributed by atoms with Crippen molar-refractivity contribution >= 4 is 22.9 Å². The molecule has 0 aliphatic heterocycles. The van der Waals surface area contributed by atoms with Gasteiger partial charge in [0.1, 0.15) is 10.8 Å². The smallest absolute Gasteiger partial charge is 0.240 e. The van der Waals surface area contributed by atoms with E-state index in [1.165, 1.54) is 4.52 Å². The normalized spacial score (nSPS) is 10.7. The number of aromatic nitrogens is 2. The van der Waals surface area contributed by atoms with Gasteiger partial charge >= 0.3 is 0 Å². The third kappa shape index (κ3) is 1.72. The summed E-state index contributed by atoms with van der Waals surface area (Å²) in [5, 5.41) is 4.75. The summed E-state index contributed by atoms with van der Waals surface area (Å²) in [6, 6.07) is 6.96. The first-order valence-electron chi connectivity index (χ1n) is 5.86. The maximum atomic E-state index is 12.1. The molecule has 0 unspecified atom stereocenters. The summed E-state index contributed by atoms with van der Waals surface area (Å²) in [5.74, 6) is 2.19. The first-order valence-corrected chi connectivity index (χ1v) is 6.24. The zero-order chi connectivity index (χ0) is 14.3. The van der Waals surface area contributed by atoms with Crippen LogP contribution in [0.3, 0.4) is 0 Å². The Hall–Kier alpha value is -2.51. The van der Waals surface area contributed by atoms with E-state index in [0.717, 1.165) is 5.56 Å². The number of aryl methyl sites for hydroxylation is 1. The molecule has 0 aliphatic rings. The number of terminal acetylenes is 1. The molecular formula is C15H9ClN2O2. The molecule has 0 fully saturated rings. The van der Waals surface area contributed by atoms with E-state index in [-0.39, 0.29) is 0 Å². The second kappa shape index (κ2) is 4.55. The molecule has 0 radical (unpaired) electrons. The van der Waals surface area contributed by atoms with Gasteiger partial charge in [-0.25, -0.2) is 4.52 Å². The second-order valence-electron chi connectivity index (χ2n) is 4.28. The molecule has 0 saturated heterocycles. The summed E-state index contributed by atoms with van der Waals surface area (Å²) in [4.78, 5) is 12.1. The topological polar surface area (TPSA) is 47.5 Å². The van der Waals surface area contributed by atoms with Crippen LogP contribution in [0.2, 0.25) is 5.15 Å². The largest absolute Gasteiger partial charge is 0.462 e. The van der Waals surface area contributed by atoms with Gasteiger partial charge in [0.15, 0.2) is 5.76 Å². The Balaban J connectivity index is 2.43. The van der Waals surface area contributed by atoms with Crippen molar-refractivity contribution in [3.8, 4) is 23.8 Å². The molecule has 0 N–H and O–H groups in total. The number of halogens is 1. The van der Waals surface area contributed by atoms with E-state index >= 15 is 0 Å². The van der Waals surface area contributed by atoms with Crippen LogP contribution in [0.5, 0.6) is 0 Å². The standard InChI is InChI=1S/C15H9ClN2O2/c1-3-11(19)13-10-5-4-6-12(16)18(10)17-14(13)15-9(2)7-8-20-15/h1,4-8H,2H3. The van der Waals surface area contributed by atoms with Crippen LogP contribution >= 0.6 is 11.6 Å². The number of furan rings is 1. The molecule has 0 saturated carbocycles. The Morgan fingerprint density at radius 1 is 1.45 bits per heavy atom. The minimum absolute atomic E-state index is 0.327. The van der Waals surface area contributed by atoms with Crippen LogP contribution in [0, 0.1) is 19.3 Å². The summed E-state index contributed by atoms with van der Waals surface area (Å²) in [7, 11) is 0. The van der Waals surface area contributed by atoms with Crippen LogP contribution in [0.25, 0.3) is 17.0 Å². The molecule has 0 spiro atoms. The van der Waals surface area contributed by atoms with Gasteiger partial charge in [0.05, 0.1) is 17.3 Å². The summed E-state index contributed by atoms with van der Waals surface area (Å²) >= 11 is 6.10. The maximum Gasteiger partial charge on any atom is 0.240 e. The predicted molar refractivity (Wildman–Crippen MR) is 75.8 cm³/mol. The van der Waals surface area contributed by atoms with Crippen molar-refractivity contribution in [2.75, 3.05) is 0 Å². The molecule has 0 aliphatic carbocycles. The Morgan fingerprint density at radius 2 is 2.25 bits per heavy atom. The zero-order valence-corrected chi connectivity index (χ0v) is 11.3. The number of fused-ring (bicyclic) bond motifs is 1. The van der Waals surface area contributed by atoms with Crippen molar-refractivity contribution in [3.05, 3.63) is 46.8 Å². The third-order valence-corrected chi connectivity index (χ3v) is 3.33. The highest BCUT2D eigenvalue weighted by molar-refractivity contribution is 6.30. The van der Waals surface area contributed by atoms with Gasteiger partial charge in [0.2, 0.25) is 5.78 Å². The lowest BCUT2D eigenvalue weighted by Gasteiger charge is -1.97. The number of hydrogen-bond acceptors (Lipinski definition) is 3. The van der Waals surface area contributed by atoms with Crippen LogP contribution in [-0.2, 0) is 0 Å². The number of carbonyl (C=O) groups excluding carboxylic acids is 1. The number of ketones is 1. The van der Waals surface area contributed by atoms with E-state index in [2.05, 4.69) is 11.0 Å². The van der Waals surface area contributed by atoms with Crippen LogP contribution < -0.4 is 0 Å². The molecule has 5 heteroatoms. The van der Waals surface area contributed by atoms with Crippen molar-refractivity contribution in [2.24, 2.45) is 0 Å². The zero-order valence-electron chi connectivity index (χ0n) is 10.6. The number of hydrogen-bond donors (Lipinski definition) is 0. The number of nitrogens with zero attached hydrogens (tertiary/aromatic N) is 2. The summed E-state index contributed by atoms with van der Waals surface area (Å²) in [5.41, 5.74) is 2.17. The molecule has 0 aromatic carbocycles. The van der Waals surface area contributed by atoms with Gasteiger partial charge in [-0.3, -0.25) is 4.79 Å². The molecule has 4 nitrogen and oxygen atoms in total. The van der Waals surface area contributed by atoms with Crippen LogP contribution in [-0.4, -0.2) is 15.4 Å². The SMILES string of the molecule is C#CC(=O)c1c(-c2occc2C)nn2c(Cl)cccc12. The Bertz CT molecular complexity index is 868. The highest BCUT2D eigenvalue weighted by Gasteiger charge is 2.23. The Morgan fingerprint density at radius 3 is 2.90 bits per heavy atom. The average Bonchev–Trinajstić information content (AvgIpc) is 3.02. The van der Waals surface area contributed by atoms with E-state index in [9.17, 15) is 4.79 Å². The minimum atomic E-state index is -0.451. The van der Waals surface area contributed by atoms with Gasteiger partial charge in [-0.1, -0.05) is 17.7 Å². The van der Waals surface area contributed by atoms with E-state index in [4.69, 9.17) is 22.4 Å². The van der Waals surface area contributed by atoms with E-state index in [1.807, 2.05) is 6.92 Å². The first kappa shape index (κ1) is 12.5. The van der Waals surface area contributed by atoms with E-state index in [0.29, 0.717) is 27.7 Å². The molecule has 3 aromatic rings. The van der Waals surface area contributed by atoms with Gasteiger partial charge in [-0.05, 0) is 36.6 Å². The van der Waals surface area contributed by atoms with Crippen molar-refractivity contribution in [3.63, 3.8) is 0 Å². The lowest BCUT2D eigenvalue weighted by molar-refractivity contribution is 0.105. The number of pyridine rings is 1. The van der Waals surface area contributed by atoms with Crippen molar-refractivity contribution in [1.29, 1.82) is 0 Å². The second-order valence-corrected chi connectivity index (χ2v) is 4.66. The fourth-order valence-corrected chi connectivity index (χ4v) is 2.31. The lowest BCUT2D eigenvalue weighted by Crippen LogP contribution is -1.96. The summed E-state index contributed by atoms with van der Waals surface area (Å²) < 4.78 is 6.89. The minimum Gasteiger partial charge on any atom is -0.462 e. The predicted octanol–water partition coefficient (Wildman–Crippen LogP) is 3.37. The molecule has 3 aromatic heterocycles. The maximum absolute atomic E-state index is 12.1. The van der Waals surface area contributed by atoms with Crippen LogP contribution in [0.4, 0.5) is 0 Å². The van der Waals surface area contributed by atoms with Gasteiger partial charge in [0.25, 0.3) is 0 Å². The molecule has 0 bridgehead atoms. The van der Waals surface area contributed by atoms with Crippen LogP contribution in [0.1, 0.15) is 15.9 Å². The van der Waals surface area contributed by atoms with Crippen molar-refractivity contribution in [1.82, 2.24) is 9.61 Å². The molecule has 0 atom stereocenters. The Kier molecular flexibility index (Phi) is 2.85.